The molecule has 1 fully saturated rings. The van der Waals surface area contributed by atoms with Crippen molar-refractivity contribution in [2.24, 2.45) is 0 Å². The van der Waals surface area contributed by atoms with Crippen molar-refractivity contribution in [2.75, 3.05) is 0 Å². The largest absolute Gasteiger partial charge is 0.307 e. The summed E-state index contributed by atoms with van der Waals surface area (Å²) in [5.41, 5.74) is 1.60. The third-order valence-corrected chi connectivity index (χ3v) is 4.26. The van der Waals surface area contributed by atoms with Crippen molar-refractivity contribution in [1.82, 2.24) is 10.6 Å². The van der Waals surface area contributed by atoms with E-state index in [2.05, 4.69) is 57.4 Å². The SMILES string of the molecule is CC(NC1CC(C)(C)NC(C)(C)C1)c1cccc(Cl)c1. The molecule has 0 saturated carbocycles. The Hall–Kier alpha value is -0.570. The van der Waals surface area contributed by atoms with Crippen LogP contribution in [0, 0.1) is 0 Å². The molecule has 0 radical (unpaired) electrons. The molecule has 1 saturated heterocycles. The number of piperidine rings is 1. The Morgan fingerprint density at radius 1 is 1.20 bits per heavy atom. The third kappa shape index (κ3) is 4.21. The summed E-state index contributed by atoms with van der Waals surface area (Å²) in [6, 6.07) is 8.98. The van der Waals surface area contributed by atoms with Crippen molar-refractivity contribution in [3.63, 3.8) is 0 Å². The maximum Gasteiger partial charge on any atom is 0.0409 e. The highest BCUT2D eigenvalue weighted by Gasteiger charge is 2.37. The Kier molecular flexibility index (Phi) is 4.48. The third-order valence-electron chi connectivity index (χ3n) is 4.02. The van der Waals surface area contributed by atoms with E-state index in [4.69, 9.17) is 11.6 Å². The van der Waals surface area contributed by atoms with Gasteiger partial charge in [-0.1, -0.05) is 23.7 Å². The fourth-order valence-electron chi connectivity index (χ4n) is 3.67. The number of halogens is 1. The maximum atomic E-state index is 6.08. The Labute approximate surface area is 128 Å². The summed E-state index contributed by atoms with van der Waals surface area (Å²) in [5, 5.41) is 8.31. The van der Waals surface area contributed by atoms with Gasteiger partial charge in [0.25, 0.3) is 0 Å². The van der Waals surface area contributed by atoms with Crippen LogP contribution in [0.4, 0.5) is 0 Å². The Bertz CT molecular complexity index is 452. The van der Waals surface area contributed by atoms with Gasteiger partial charge in [-0.05, 0) is 65.2 Å². The molecule has 1 atom stereocenters. The van der Waals surface area contributed by atoms with Gasteiger partial charge in [-0.3, -0.25) is 0 Å². The fraction of sp³-hybridized carbons (Fsp3) is 0.647. The number of hydrogen-bond donors (Lipinski definition) is 2. The molecule has 2 rings (SSSR count). The zero-order valence-corrected chi connectivity index (χ0v) is 14.0. The summed E-state index contributed by atoms with van der Waals surface area (Å²) in [6.45, 7) is 11.4. The van der Waals surface area contributed by atoms with Crippen LogP contribution in [-0.2, 0) is 0 Å². The molecule has 2 N–H and O–H groups in total. The number of rotatable bonds is 3. The molecule has 1 unspecified atom stereocenters. The van der Waals surface area contributed by atoms with Crippen molar-refractivity contribution in [3.8, 4) is 0 Å². The second-order valence-corrected chi connectivity index (χ2v) is 7.88. The van der Waals surface area contributed by atoms with E-state index < -0.39 is 0 Å². The molecule has 1 aromatic rings. The molecule has 1 aliphatic rings. The Morgan fingerprint density at radius 3 is 2.35 bits per heavy atom. The summed E-state index contributed by atoms with van der Waals surface area (Å²) in [6.07, 6.45) is 2.28. The molecule has 2 nitrogen and oxygen atoms in total. The van der Waals surface area contributed by atoms with Gasteiger partial charge in [0.15, 0.2) is 0 Å². The summed E-state index contributed by atoms with van der Waals surface area (Å²) < 4.78 is 0. The smallest absolute Gasteiger partial charge is 0.0409 e. The number of nitrogens with one attached hydrogen (secondary N) is 2. The lowest BCUT2D eigenvalue weighted by molar-refractivity contribution is 0.141. The molecule has 1 aromatic carbocycles. The summed E-state index contributed by atoms with van der Waals surface area (Å²) in [7, 11) is 0. The minimum atomic E-state index is 0.174. The molecule has 0 spiro atoms. The molecule has 0 amide bonds. The average molecular weight is 295 g/mol. The van der Waals surface area contributed by atoms with Crippen molar-refractivity contribution < 1.29 is 0 Å². The van der Waals surface area contributed by atoms with Crippen LogP contribution >= 0.6 is 11.6 Å². The van der Waals surface area contributed by atoms with Gasteiger partial charge in [-0.2, -0.15) is 0 Å². The average Bonchev–Trinajstić information content (AvgIpc) is 2.24. The van der Waals surface area contributed by atoms with Crippen LogP contribution in [0.5, 0.6) is 0 Å². The van der Waals surface area contributed by atoms with Crippen molar-refractivity contribution in [2.45, 2.75) is 70.6 Å². The Balaban J connectivity index is 2.05. The van der Waals surface area contributed by atoms with Crippen LogP contribution in [0.3, 0.4) is 0 Å². The highest BCUT2D eigenvalue weighted by atomic mass is 35.5. The first-order valence-corrected chi connectivity index (χ1v) is 7.86. The van der Waals surface area contributed by atoms with E-state index >= 15 is 0 Å². The van der Waals surface area contributed by atoms with Crippen molar-refractivity contribution in [1.29, 1.82) is 0 Å². The van der Waals surface area contributed by atoms with Gasteiger partial charge in [-0.25, -0.2) is 0 Å². The van der Waals surface area contributed by atoms with Gasteiger partial charge in [-0.15, -0.1) is 0 Å². The molecule has 1 heterocycles. The van der Waals surface area contributed by atoms with E-state index in [0.29, 0.717) is 12.1 Å². The van der Waals surface area contributed by atoms with E-state index in [-0.39, 0.29) is 11.1 Å². The predicted molar refractivity (Wildman–Crippen MR) is 87.3 cm³/mol. The van der Waals surface area contributed by atoms with Crippen LogP contribution in [0.25, 0.3) is 0 Å². The summed E-state index contributed by atoms with van der Waals surface area (Å²) in [4.78, 5) is 0. The first-order chi connectivity index (χ1) is 9.17. The monoisotopic (exact) mass is 294 g/mol. The standard InChI is InChI=1S/C17H27ClN2/c1-12(13-7-6-8-14(18)9-13)19-15-10-16(2,3)20-17(4,5)11-15/h6-9,12,15,19-20H,10-11H2,1-5H3. The lowest BCUT2D eigenvalue weighted by Gasteiger charge is -2.47. The molecule has 112 valence electrons. The second-order valence-electron chi connectivity index (χ2n) is 7.44. The zero-order chi connectivity index (χ0) is 15.0. The fourth-order valence-corrected chi connectivity index (χ4v) is 3.86. The lowest BCUT2D eigenvalue weighted by Crippen LogP contribution is -2.61. The number of benzene rings is 1. The van der Waals surface area contributed by atoms with Gasteiger partial charge in [0, 0.05) is 28.2 Å². The first-order valence-electron chi connectivity index (χ1n) is 7.48. The molecule has 0 aromatic heterocycles. The first kappa shape index (κ1) is 15.8. The second kappa shape index (κ2) is 5.67. The molecular formula is C17H27ClN2. The molecule has 20 heavy (non-hydrogen) atoms. The van der Waals surface area contributed by atoms with Crippen LogP contribution in [0.15, 0.2) is 24.3 Å². The van der Waals surface area contributed by atoms with E-state index in [1.54, 1.807) is 0 Å². The van der Waals surface area contributed by atoms with Crippen molar-refractivity contribution >= 4 is 11.6 Å². The molecule has 0 aliphatic carbocycles. The van der Waals surface area contributed by atoms with Gasteiger partial charge in [0.1, 0.15) is 0 Å². The maximum absolute atomic E-state index is 6.08. The van der Waals surface area contributed by atoms with Crippen LogP contribution in [0.2, 0.25) is 5.02 Å². The van der Waals surface area contributed by atoms with E-state index in [9.17, 15) is 0 Å². The minimum absolute atomic E-state index is 0.174. The van der Waals surface area contributed by atoms with E-state index in [1.165, 1.54) is 5.56 Å². The van der Waals surface area contributed by atoms with Crippen LogP contribution in [-0.4, -0.2) is 17.1 Å². The number of hydrogen-bond acceptors (Lipinski definition) is 2. The zero-order valence-electron chi connectivity index (χ0n) is 13.3. The van der Waals surface area contributed by atoms with Gasteiger partial charge in [0.2, 0.25) is 0 Å². The predicted octanol–water partition coefficient (Wildman–Crippen LogP) is 4.30. The van der Waals surface area contributed by atoms with E-state index in [1.807, 2.05) is 12.1 Å². The highest BCUT2D eigenvalue weighted by molar-refractivity contribution is 6.30. The summed E-state index contributed by atoms with van der Waals surface area (Å²) >= 11 is 6.08. The molecule has 3 heteroatoms. The van der Waals surface area contributed by atoms with E-state index in [0.717, 1.165) is 17.9 Å². The van der Waals surface area contributed by atoms with Gasteiger partial charge < -0.3 is 10.6 Å². The molecular weight excluding hydrogens is 268 g/mol. The molecule has 1 aliphatic heterocycles. The lowest BCUT2D eigenvalue weighted by atomic mass is 9.79. The molecule has 0 bridgehead atoms. The van der Waals surface area contributed by atoms with Crippen molar-refractivity contribution in [3.05, 3.63) is 34.9 Å². The summed E-state index contributed by atoms with van der Waals surface area (Å²) in [5.74, 6) is 0. The quantitative estimate of drug-likeness (QED) is 0.868. The van der Waals surface area contributed by atoms with Crippen LogP contribution < -0.4 is 10.6 Å². The highest BCUT2D eigenvalue weighted by Crippen LogP contribution is 2.30. The van der Waals surface area contributed by atoms with Gasteiger partial charge in [0.05, 0.1) is 0 Å². The minimum Gasteiger partial charge on any atom is -0.307 e. The van der Waals surface area contributed by atoms with Crippen LogP contribution in [0.1, 0.15) is 59.1 Å². The topological polar surface area (TPSA) is 24.1 Å². The van der Waals surface area contributed by atoms with Gasteiger partial charge >= 0.3 is 0 Å². The normalized spacial score (nSPS) is 23.5. The Morgan fingerprint density at radius 2 is 1.80 bits per heavy atom.